The largest absolute Gasteiger partial charge is 0.493 e. The standard InChI is InChI=1S/C33H39N3O6S/c1-33(2,3)42-32(38)36-15-13-22(18-36)19-40-24-9-11-25(12-10-24)41-21-26-23(20-39-5)7-6-8-27(26)34-31(37)29-17-30-28(35(29)4)14-16-43-30/h6-12,14,16-17,22H,13,15,18-21H2,1-5H3,(H,34,37)/t22-/m1/s1. The summed E-state index contributed by atoms with van der Waals surface area (Å²) in [6, 6.07) is 17.2. The van der Waals surface area contributed by atoms with E-state index in [1.165, 1.54) is 0 Å². The molecule has 9 nitrogen and oxygen atoms in total. The lowest BCUT2D eigenvalue weighted by Crippen LogP contribution is -2.35. The number of benzene rings is 2. The third kappa shape index (κ3) is 7.50. The molecular weight excluding hydrogens is 566 g/mol. The average Bonchev–Trinajstić information content (AvgIpc) is 3.70. The van der Waals surface area contributed by atoms with Crippen LogP contribution in [0.15, 0.2) is 60.0 Å². The summed E-state index contributed by atoms with van der Waals surface area (Å²) in [4.78, 5) is 27.3. The van der Waals surface area contributed by atoms with Gasteiger partial charge in [-0.05, 0) is 80.6 Å². The number of aromatic nitrogens is 1. The summed E-state index contributed by atoms with van der Waals surface area (Å²) < 4.78 is 26.1. The van der Waals surface area contributed by atoms with E-state index in [-0.39, 0.29) is 24.5 Å². The minimum Gasteiger partial charge on any atom is -0.493 e. The maximum atomic E-state index is 13.3. The van der Waals surface area contributed by atoms with E-state index in [9.17, 15) is 9.59 Å². The van der Waals surface area contributed by atoms with Crippen molar-refractivity contribution in [3.63, 3.8) is 0 Å². The van der Waals surface area contributed by atoms with Gasteiger partial charge in [0.05, 0.1) is 23.4 Å². The number of methoxy groups -OCH3 is 1. The van der Waals surface area contributed by atoms with Crippen molar-refractivity contribution in [2.45, 2.75) is 46.0 Å². The van der Waals surface area contributed by atoms with Gasteiger partial charge in [0.1, 0.15) is 29.4 Å². The molecule has 0 unspecified atom stereocenters. The molecule has 228 valence electrons. The van der Waals surface area contributed by atoms with Gasteiger partial charge in [-0.2, -0.15) is 0 Å². The second-order valence-corrected chi connectivity index (χ2v) is 12.7. The van der Waals surface area contributed by atoms with Crippen molar-refractivity contribution in [3.8, 4) is 11.5 Å². The molecule has 0 aliphatic carbocycles. The smallest absolute Gasteiger partial charge is 0.410 e. The Hall–Kier alpha value is -4.02. The molecule has 2 amide bonds. The van der Waals surface area contributed by atoms with Crippen molar-refractivity contribution < 1.29 is 28.5 Å². The minimum absolute atomic E-state index is 0.181. The van der Waals surface area contributed by atoms with Gasteiger partial charge in [0.15, 0.2) is 0 Å². The van der Waals surface area contributed by atoms with Gasteiger partial charge in [-0.1, -0.05) is 12.1 Å². The van der Waals surface area contributed by atoms with Crippen LogP contribution >= 0.6 is 11.3 Å². The van der Waals surface area contributed by atoms with Crippen molar-refractivity contribution in [1.82, 2.24) is 9.47 Å². The summed E-state index contributed by atoms with van der Waals surface area (Å²) in [5, 5.41) is 5.10. The number of aryl methyl sites for hydroxylation is 1. The summed E-state index contributed by atoms with van der Waals surface area (Å²) in [6.45, 7) is 8.08. The zero-order valence-electron chi connectivity index (χ0n) is 25.3. The van der Waals surface area contributed by atoms with Crippen LogP contribution in [0.3, 0.4) is 0 Å². The van der Waals surface area contributed by atoms with E-state index in [0.29, 0.717) is 43.4 Å². The number of fused-ring (bicyclic) bond motifs is 1. The highest BCUT2D eigenvalue weighted by atomic mass is 32.1. The average molecular weight is 606 g/mol. The fourth-order valence-corrected chi connectivity index (χ4v) is 5.98. The molecular formula is C33H39N3O6S. The lowest BCUT2D eigenvalue weighted by Gasteiger charge is -2.24. The van der Waals surface area contributed by atoms with E-state index in [2.05, 4.69) is 5.32 Å². The number of nitrogens with zero attached hydrogens (tertiary/aromatic N) is 2. The third-order valence-electron chi connectivity index (χ3n) is 7.35. The second kappa shape index (κ2) is 13.1. The van der Waals surface area contributed by atoms with Crippen molar-refractivity contribution in [1.29, 1.82) is 0 Å². The lowest BCUT2D eigenvalue weighted by atomic mass is 10.1. The predicted octanol–water partition coefficient (Wildman–Crippen LogP) is 6.85. The second-order valence-electron chi connectivity index (χ2n) is 11.7. The van der Waals surface area contributed by atoms with Gasteiger partial charge < -0.3 is 33.7 Å². The number of hydrogen-bond donors (Lipinski definition) is 1. The summed E-state index contributed by atoms with van der Waals surface area (Å²) in [5.41, 5.74) is 3.59. The van der Waals surface area contributed by atoms with E-state index in [0.717, 1.165) is 33.5 Å². The van der Waals surface area contributed by atoms with Crippen LogP contribution < -0.4 is 14.8 Å². The van der Waals surface area contributed by atoms with Crippen molar-refractivity contribution >= 4 is 39.2 Å². The molecule has 2 aromatic carbocycles. The van der Waals surface area contributed by atoms with Gasteiger partial charge in [-0.3, -0.25) is 4.79 Å². The predicted molar refractivity (Wildman–Crippen MR) is 168 cm³/mol. The Labute approximate surface area is 256 Å². The Morgan fingerprint density at radius 3 is 2.47 bits per heavy atom. The molecule has 0 radical (unpaired) electrons. The molecule has 1 aliphatic heterocycles. The topological polar surface area (TPSA) is 91.3 Å². The highest BCUT2D eigenvalue weighted by molar-refractivity contribution is 7.17. The molecule has 0 saturated carbocycles. The number of rotatable bonds is 10. The molecule has 4 aromatic rings. The zero-order chi connectivity index (χ0) is 30.6. The molecule has 43 heavy (non-hydrogen) atoms. The number of carbonyl (C=O) groups excluding carboxylic acids is 2. The normalized spacial score (nSPS) is 15.1. The summed E-state index contributed by atoms with van der Waals surface area (Å²) in [5.74, 6) is 1.48. The Morgan fingerprint density at radius 1 is 1.02 bits per heavy atom. The number of likely N-dealkylation sites (tertiary alicyclic amines) is 1. The van der Waals surface area contributed by atoms with Crippen molar-refractivity contribution in [2.75, 3.05) is 32.1 Å². The monoisotopic (exact) mass is 605 g/mol. The number of nitrogens with one attached hydrogen (secondary N) is 1. The van der Waals surface area contributed by atoms with Crippen LogP contribution in [0, 0.1) is 5.92 Å². The Balaban J connectivity index is 1.18. The van der Waals surface area contributed by atoms with Crippen molar-refractivity contribution in [3.05, 3.63) is 76.8 Å². The van der Waals surface area contributed by atoms with Crippen LogP contribution in [0.25, 0.3) is 10.2 Å². The first kappa shape index (κ1) is 30.4. The molecule has 1 saturated heterocycles. The highest BCUT2D eigenvalue weighted by Crippen LogP contribution is 2.28. The Morgan fingerprint density at radius 2 is 1.77 bits per heavy atom. The first-order valence-corrected chi connectivity index (χ1v) is 15.3. The van der Waals surface area contributed by atoms with Crippen LogP contribution in [-0.4, -0.2) is 53.9 Å². The minimum atomic E-state index is -0.504. The van der Waals surface area contributed by atoms with Crippen LogP contribution in [0.2, 0.25) is 0 Å². The van der Waals surface area contributed by atoms with Crippen molar-refractivity contribution in [2.24, 2.45) is 13.0 Å². The van der Waals surface area contributed by atoms with Crippen LogP contribution in [-0.2, 0) is 29.7 Å². The zero-order valence-corrected chi connectivity index (χ0v) is 26.2. The molecule has 1 N–H and O–H groups in total. The van der Waals surface area contributed by atoms with E-state index in [1.54, 1.807) is 23.3 Å². The lowest BCUT2D eigenvalue weighted by molar-refractivity contribution is 0.0284. The molecule has 5 rings (SSSR count). The number of anilines is 1. The summed E-state index contributed by atoms with van der Waals surface area (Å²) >= 11 is 1.61. The molecule has 1 aliphatic rings. The number of ether oxygens (including phenoxy) is 4. The van der Waals surface area contributed by atoms with Crippen LogP contribution in [0.4, 0.5) is 10.5 Å². The van der Waals surface area contributed by atoms with E-state index < -0.39 is 5.60 Å². The van der Waals surface area contributed by atoms with Crippen LogP contribution in [0.5, 0.6) is 11.5 Å². The van der Waals surface area contributed by atoms with E-state index in [4.69, 9.17) is 18.9 Å². The summed E-state index contributed by atoms with van der Waals surface area (Å²) in [6.07, 6.45) is 0.605. The Kier molecular flexibility index (Phi) is 9.27. The highest BCUT2D eigenvalue weighted by Gasteiger charge is 2.30. The number of amides is 2. The molecule has 0 spiro atoms. The SMILES string of the molecule is COCc1cccc(NC(=O)c2cc3sccc3n2C)c1COc1ccc(OC[C@@H]2CCN(C(=O)OC(C)(C)C)C2)cc1. The van der Waals surface area contributed by atoms with Gasteiger partial charge in [0.2, 0.25) is 0 Å². The quantitative estimate of drug-likeness (QED) is 0.213. The molecule has 1 fully saturated rings. The van der Waals surface area contributed by atoms with Gasteiger partial charge in [-0.15, -0.1) is 11.3 Å². The number of carbonyl (C=O) groups is 2. The fraction of sp³-hybridized carbons (Fsp3) is 0.394. The molecule has 10 heteroatoms. The van der Waals surface area contributed by atoms with Crippen LogP contribution in [0.1, 0.15) is 48.8 Å². The Bertz CT molecular complexity index is 1570. The van der Waals surface area contributed by atoms with Gasteiger partial charge in [0, 0.05) is 44.4 Å². The first-order chi connectivity index (χ1) is 20.6. The molecule has 3 heterocycles. The maximum absolute atomic E-state index is 13.3. The molecule has 0 bridgehead atoms. The molecule has 1 atom stereocenters. The van der Waals surface area contributed by atoms with Gasteiger partial charge in [-0.25, -0.2) is 4.79 Å². The van der Waals surface area contributed by atoms with E-state index in [1.807, 2.05) is 92.4 Å². The van der Waals surface area contributed by atoms with Gasteiger partial charge >= 0.3 is 6.09 Å². The van der Waals surface area contributed by atoms with E-state index >= 15 is 0 Å². The third-order valence-corrected chi connectivity index (χ3v) is 8.20. The van der Waals surface area contributed by atoms with Gasteiger partial charge in [0.25, 0.3) is 5.91 Å². The number of hydrogen-bond acceptors (Lipinski definition) is 7. The fourth-order valence-electron chi connectivity index (χ4n) is 5.13. The number of thiophene rings is 1. The summed E-state index contributed by atoms with van der Waals surface area (Å²) in [7, 11) is 3.54. The molecule has 2 aromatic heterocycles. The first-order valence-electron chi connectivity index (χ1n) is 14.4. The maximum Gasteiger partial charge on any atom is 0.410 e.